The first-order valence-electron chi connectivity index (χ1n) is 6.55. The van der Waals surface area contributed by atoms with Crippen LogP contribution in [0.3, 0.4) is 0 Å². The third-order valence-corrected chi connectivity index (χ3v) is 2.81. The van der Waals surface area contributed by atoms with Gasteiger partial charge in [0.1, 0.15) is 11.5 Å². The number of nitro benzene ring substituents is 1. The Morgan fingerprint density at radius 3 is 2.26 bits per heavy atom. The standard InChI is InChI=1S/C15H14N2O6/c1-21-13-6-2-11(3-7-13)10-22-16-15(18)23-14-8-4-12(5-9-14)17(19)20/h2-9H,10H2,1H3,(H,16,18). The summed E-state index contributed by atoms with van der Waals surface area (Å²) in [5, 5.41) is 10.5. The minimum Gasteiger partial charge on any atom is -0.497 e. The van der Waals surface area contributed by atoms with Gasteiger partial charge >= 0.3 is 6.09 Å². The van der Waals surface area contributed by atoms with Crippen LogP contribution in [-0.2, 0) is 11.4 Å². The van der Waals surface area contributed by atoms with Crippen LogP contribution in [0, 0.1) is 10.1 Å². The van der Waals surface area contributed by atoms with Crippen molar-refractivity contribution in [3.8, 4) is 11.5 Å². The molecule has 0 aromatic heterocycles. The molecule has 0 saturated carbocycles. The number of methoxy groups -OCH3 is 1. The molecule has 8 nitrogen and oxygen atoms in total. The van der Waals surface area contributed by atoms with Crippen LogP contribution in [0.5, 0.6) is 11.5 Å². The fourth-order valence-corrected chi connectivity index (χ4v) is 1.66. The molecule has 1 amide bonds. The van der Waals surface area contributed by atoms with Crippen molar-refractivity contribution < 1.29 is 24.0 Å². The molecule has 2 aromatic rings. The minimum atomic E-state index is -0.827. The fourth-order valence-electron chi connectivity index (χ4n) is 1.66. The number of nitro groups is 1. The molecule has 0 aliphatic rings. The summed E-state index contributed by atoms with van der Waals surface area (Å²) in [6.07, 6.45) is -0.827. The molecule has 1 N–H and O–H groups in total. The van der Waals surface area contributed by atoms with E-state index in [1.165, 1.54) is 24.3 Å². The van der Waals surface area contributed by atoms with E-state index in [0.29, 0.717) is 0 Å². The maximum Gasteiger partial charge on any atom is 0.436 e. The van der Waals surface area contributed by atoms with Crippen molar-refractivity contribution in [1.29, 1.82) is 0 Å². The van der Waals surface area contributed by atoms with Gasteiger partial charge in [-0.05, 0) is 29.8 Å². The Morgan fingerprint density at radius 1 is 1.09 bits per heavy atom. The van der Waals surface area contributed by atoms with Gasteiger partial charge in [-0.15, -0.1) is 0 Å². The number of hydroxylamine groups is 1. The number of nitrogens with one attached hydrogen (secondary N) is 1. The normalized spacial score (nSPS) is 9.96. The number of rotatable bonds is 6. The van der Waals surface area contributed by atoms with E-state index < -0.39 is 11.0 Å². The number of hydrogen-bond acceptors (Lipinski definition) is 6. The molecule has 0 aliphatic heterocycles. The Morgan fingerprint density at radius 2 is 1.70 bits per heavy atom. The van der Waals surface area contributed by atoms with Crippen LogP contribution in [-0.4, -0.2) is 18.1 Å². The molecular weight excluding hydrogens is 304 g/mol. The number of ether oxygens (including phenoxy) is 2. The highest BCUT2D eigenvalue weighted by Gasteiger charge is 2.08. The molecule has 120 valence electrons. The first-order chi connectivity index (χ1) is 11.1. The zero-order valence-corrected chi connectivity index (χ0v) is 12.2. The third kappa shape index (κ3) is 4.97. The van der Waals surface area contributed by atoms with Crippen LogP contribution in [0.1, 0.15) is 5.56 Å². The van der Waals surface area contributed by atoms with E-state index >= 15 is 0 Å². The smallest absolute Gasteiger partial charge is 0.436 e. The van der Waals surface area contributed by atoms with Gasteiger partial charge in [-0.3, -0.25) is 15.0 Å². The van der Waals surface area contributed by atoms with Crippen LogP contribution >= 0.6 is 0 Å². The highest BCUT2D eigenvalue weighted by Crippen LogP contribution is 2.17. The minimum absolute atomic E-state index is 0.0893. The van der Waals surface area contributed by atoms with Gasteiger partial charge in [0.2, 0.25) is 0 Å². The number of hydrogen-bond donors (Lipinski definition) is 1. The molecule has 0 saturated heterocycles. The number of carbonyl (C=O) groups is 1. The largest absolute Gasteiger partial charge is 0.497 e. The first kappa shape index (κ1) is 16.2. The molecule has 0 unspecified atom stereocenters. The summed E-state index contributed by atoms with van der Waals surface area (Å²) in [7, 11) is 1.57. The summed E-state index contributed by atoms with van der Waals surface area (Å²) >= 11 is 0. The van der Waals surface area contributed by atoms with Gasteiger partial charge in [0.05, 0.1) is 18.6 Å². The summed E-state index contributed by atoms with van der Waals surface area (Å²) in [5.41, 5.74) is 2.86. The number of amides is 1. The Labute approximate surface area is 131 Å². The predicted octanol–water partition coefficient (Wildman–Crippen LogP) is 2.82. The lowest BCUT2D eigenvalue weighted by atomic mass is 10.2. The molecule has 0 heterocycles. The number of benzene rings is 2. The summed E-state index contributed by atoms with van der Waals surface area (Å²) in [5.74, 6) is 0.889. The first-order valence-corrected chi connectivity index (χ1v) is 6.55. The monoisotopic (exact) mass is 318 g/mol. The Bertz CT molecular complexity index is 669. The van der Waals surface area contributed by atoms with Gasteiger partial charge in [-0.2, -0.15) is 5.48 Å². The van der Waals surface area contributed by atoms with E-state index in [-0.39, 0.29) is 18.0 Å². The van der Waals surface area contributed by atoms with Gasteiger partial charge in [0.25, 0.3) is 5.69 Å². The average Bonchev–Trinajstić information content (AvgIpc) is 2.56. The zero-order chi connectivity index (χ0) is 16.7. The quantitative estimate of drug-likeness (QED) is 0.649. The van der Waals surface area contributed by atoms with Crippen LogP contribution in [0.2, 0.25) is 0 Å². The van der Waals surface area contributed by atoms with E-state index in [0.717, 1.165) is 11.3 Å². The second-order valence-corrected chi connectivity index (χ2v) is 4.38. The molecule has 0 atom stereocenters. The SMILES string of the molecule is COc1ccc(CONC(=O)Oc2ccc([N+](=O)[O-])cc2)cc1. The van der Waals surface area contributed by atoms with Crippen molar-refractivity contribution >= 4 is 11.8 Å². The number of non-ortho nitro benzene ring substituents is 1. The van der Waals surface area contributed by atoms with E-state index in [9.17, 15) is 14.9 Å². The second kappa shape index (κ2) is 7.76. The lowest BCUT2D eigenvalue weighted by molar-refractivity contribution is -0.384. The van der Waals surface area contributed by atoms with E-state index in [4.69, 9.17) is 14.3 Å². The maximum absolute atomic E-state index is 11.5. The van der Waals surface area contributed by atoms with E-state index in [2.05, 4.69) is 5.48 Å². The molecule has 0 aliphatic carbocycles. The van der Waals surface area contributed by atoms with Crippen LogP contribution in [0.4, 0.5) is 10.5 Å². The van der Waals surface area contributed by atoms with Gasteiger partial charge in [0.15, 0.2) is 0 Å². The average molecular weight is 318 g/mol. The predicted molar refractivity (Wildman–Crippen MR) is 80.0 cm³/mol. The van der Waals surface area contributed by atoms with Crippen molar-refractivity contribution in [2.75, 3.05) is 7.11 Å². The molecule has 2 aromatic carbocycles. The van der Waals surface area contributed by atoms with E-state index in [1.807, 2.05) is 0 Å². The Balaban J connectivity index is 1.77. The molecule has 0 fully saturated rings. The lowest BCUT2D eigenvalue weighted by Gasteiger charge is -2.07. The lowest BCUT2D eigenvalue weighted by Crippen LogP contribution is -2.26. The van der Waals surface area contributed by atoms with E-state index in [1.54, 1.807) is 31.4 Å². The summed E-state index contributed by atoms with van der Waals surface area (Å²) in [6, 6.07) is 12.2. The van der Waals surface area contributed by atoms with Crippen LogP contribution in [0.15, 0.2) is 48.5 Å². The van der Waals surface area contributed by atoms with Crippen LogP contribution < -0.4 is 15.0 Å². The van der Waals surface area contributed by atoms with Crippen molar-refractivity contribution in [3.63, 3.8) is 0 Å². The summed E-state index contributed by atoms with van der Waals surface area (Å²) in [4.78, 5) is 26.5. The molecule has 23 heavy (non-hydrogen) atoms. The highest BCUT2D eigenvalue weighted by atomic mass is 16.7. The molecular formula is C15H14N2O6. The second-order valence-electron chi connectivity index (χ2n) is 4.38. The van der Waals surface area contributed by atoms with Gasteiger partial charge in [-0.25, -0.2) is 4.79 Å². The third-order valence-electron chi connectivity index (χ3n) is 2.81. The zero-order valence-electron chi connectivity index (χ0n) is 12.2. The van der Waals surface area contributed by atoms with Gasteiger partial charge in [0, 0.05) is 12.1 Å². The van der Waals surface area contributed by atoms with Crippen molar-refractivity contribution in [2.45, 2.75) is 6.61 Å². The molecule has 0 spiro atoms. The highest BCUT2D eigenvalue weighted by molar-refractivity contribution is 5.69. The molecule has 2 rings (SSSR count). The van der Waals surface area contributed by atoms with Crippen molar-refractivity contribution in [2.24, 2.45) is 0 Å². The summed E-state index contributed by atoms with van der Waals surface area (Å²) in [6.45, 7) is 0.152. The number of nitrogens with zero attached hydrogens (tertiary/aromatic N) is 1. The maximum atomic E-state index is 11.5. The topological polar surface area (TPSA) is 99.9 Å². The Hall–Kier alpha value is -3.13. The summed E-state index contributed by atoms with van der Waals surface area (Å²) < 4.78 is 9.93. The fraction of sp³-hybridized carbons (Fsp3) is 0.133. The Kier molecular flexibility index (Phi) is 5.48. The molecule has 0 bridgehead atoms. The van der Waals surface area contributed by atoms with Crippen LogP contribution in [0.25, 0.3) is 0 Å². The van der Waals surface area contributed by atoms with Crippen molar-refractivity contribution in [3.05, 3.63) is 64.2 Å². The van der Waals surface area contributed by atoms with Gasteiger partial charge in [-0.1, -0.05) is 12.1 Å². The number of carbonyl (C=O) groups excluding carboxylic acids is 1. The molecule has 0 radical (unpaired) electrons. The van der Waals surface area contributed by atoms with Gasteiger partial charge < -0.3 is 9.47 Å². The molecule has 8 heteroatoms. The van der Waals surface area contributed by atoms with Crippen molar-refractivity contribution in [1.82, 2.24) is 5.48 Å².